The summed E-state index contributed by atoms with van der Waals surface area (Å²) in [5, 5.41) is 7.37. The van der Waals surface area contributed by atoms with Crippen LogP contribution in [-0.2, 0) is 6.42 Å². The van der Waals surface area contributed by atoms with E-state index in [1.165, 1.54) is 5.56 Å². The molecule has 2 nitrogen and oxygen atoms in total. The number of hydrogen-bond donors (Lipinski definition) is 1. The van der Waals surface area contributed by atoms with Crippen molar-refractivity contribution < 1.29 is 4.42 Å². The number of furan rings is 1. The Bertz CT molecular complexity index is 731. The van der Waals surface area contributed by atoms with E-state index in [0.717, 1.165) is 33.1 Å². The molecule has 1 unspecified atom stereocenters. The molecule has 0 saturated carbocycles. The van der Waals surface area contributed by atoms with Gasteiger partial charge in [-0.15, -0.1) is 11.3 Å². The van der Waals surface area contributed by atoms with Gasteiger partial charge in [0.2, 0.25) is 0 Å². The molecule has 1 atom stereocenters. The van der Waals surface area contributed by atoms with E-state index in [9.17, 15) is 0 Å². The lowest BCUT2D eigenvalue weighted by Crippen LogP contribution is -2.17. The highest BCUT2D eigenvalue weighted by atomic mass is 35.5. The van der Waals surface area contributed by atoms with Crippen molar-refractivity contribution in [3.63, 3.8) is 0 Å². The molecule has 3 aromatic rings. The lowest BCUT2D eigenvalue weighted by atomic mass is 10.0. The van der Waals surface area contributed by atoms with E-state index in [-0.39, 0.29) is 6.04 Å². The third-order valence-electron chi connectivity index (χ3n) is 3.52. The first-order valence-corrected chi connectivity index (χ1v) is 7.92. The van der Waals surface area contributed by atoms with Crippen LogP contribution in [0.3, 0.4) is 0 Å². The molecule has 0 aliphatic carbocycles. The summed E-state index contributed by atoms with van der Waals surface area (Å²) < 4.78 is 5.99. The van der Waals surface area contributed by atoms with E-state index < -0.39 is 0 Å². The number of aryl methyl sites for hydroxylation is 1. The summed E-state index contributed by atoms with van der Waals surface area (Å²) in [6.45, 7) is 2.12. The Labute approximate surface area is 127 Å². The van der Waals surface area contributed by atoms with Crippen LogP contribution in [0.5, 0.6) is 0 Å². The van der Waals surface area contributed by atoms with Gasteiger partial charge < -0.3 is 9.73 Å². The molecule has 0 aliphatic rings. The van der Waals surface area contributed by atoms with Crippen molar-refractivity contribution >= 4 is 33.9 Å². The molecule has 2 heterocycles. The van der Waals surface area contributed by atoms with Gasteiger partial charge in [0.05, 0.1) is 11.1 Å². The lowest BCUT2D eigenvalue weighted by molar-refractivity contribution is 0.540. The number of para-hydroxylation sites is 1. The number of benzene rings is 1. The number of fused-ring (bicyclic) bond motifs is 1. The second-order valence-corrected chi connectivity index (χ2v) is 6.00. The Morgan fingerprint density at radius 1 is 1.30 bits per heavy atom. The van der Waals surface area contributed by atoms with Gasteiger partial charge >= 0.3 is 0 Å². The smallest absolute Gasteiger partial charge is 0.134 e. The van der Waals surface area contributed by atoms with Gasteiger partial charge in [-0.05, 0) is 24.6 Å². The fourth-order valence-electron chi connectivity index (χ4n) is 2.61. The largest absolute Gasteiger partial charge is 0.461 e. The van der Waals surface area contributed by atoms with Crippen LogP contribution < -0.4 is 5.32 Å². The molecule has 0 bridgehead atoms. The first kappa shape index (κ1) is 13.7. The van der Waals surface area contributed by atoms with Crippen LogP contribution in [-0.4, -0.2) is 7.05 Å². The SMILES string of the molecule is CCc1oc2ccccc2c1C(NC)c1sccc1Cl. The number of thiophene rings is 1. The predicted molar refractivity (Wildman–Crippen MR) is 85.8 cm³/mol. The van der Waals surface area contributed by atoms with E-state index in [2.05, 4.69) is 18.3 Å². The molecule has 0 amide bonds. The molecular formula is C16H16ClNOS. The van der Waals surface area contributed by atoms with Crippen molar-refractivity contribution in [1.82, 2.24) is 5.32 Å². The van der Waals surface area contributed by atoms with Crippen molar-refractivity contribution in [2.75, 3.05) is 7.05 Å². The van der Waals surface area contributed by atoms with Gasteiger partial charge in [0.25, 0.3) is 0 Å². The third kappa shape index (κ3) is 2.16. The van der Waals surface area contributed by atoms with Crippen LogP contribution in [0.25, 0.3) is 11.0 Å². The van der Waals surface area contributed by atoms with Crippen LogP contribution in [0.4, 0.5) is 0 Å². The van der Waals surface area contributed by atoms with Crippen molar-refractivity contribution in [1.29, 1.82) is 0 Å². The van der Waals surface area contributed by atoms with Crippen LogP contribution >= 0.6 is 22.9 Å². The van der Waals surface area contributed by atoms with Gasteiger partial charge in [-0.25, -0.2) is 0 Å². The summed E-state index contributed by atoms with van der Waals surface area (Å²) in [7, 11) is 1.96. The molecule has 0 saturated heterocycles. The minimum atomic E-state index is 0.0705. The molecule has 4 heteroatoms. The van der Waals surface area contributed by atoms with Crippen molar-refractivity contribution in [3.05, 3.63) is 56.9 Å². The van der Waals surface area contributed by atoms with E-state index in [1.54, 1.807) is 11.3 Å². The van der Waals surface area contributed by atoms with Crippen LogP contribution in [0.2, 0.25) is 5.02 Å². The molecule has 104 valence electrons. The van der Waals surface area contributed by atoms with Gasteiger partial charge in [-0.3, -0.25) is 0 Å². The van der Waals surface area contributed by atoms with E-state index in [0.29, 0.717) is 0 Å². The monoisotopic (exact) mass is 305 g/mol. The fourth-order valence-corrected chi connectivity index (χ4v) is 3.90. The van der Waals surface area contributed by atoms with Crippen LogP contribution in [0.1, 0.15) is 29.2 Å². The van der Waals surface area contributed by atoms with E-state index >= 15 is 0 Å². The van der Waals surface area contributed by atoms with E-state index in [4.69, 9.17) is 16.0 Å². The maximum absolute atomic E-state index is 6.32. The number of halogens is 1. The molecule has 0 aliphatic heterocycles. The normalized spacial score (nSPS) is 12.9. The maximum Gasteiger partial charge on any atom is 0.134 e. The number of nitrogens with one attached hydrogen (secondary N) is 1. The van der Waals surface area contributed by atoms with E-state index in [1.807, 2.05) is 36.7 Å². The van der Waals surface area contributed by atoms with Crippen molar-refractivity contribution in [3.8, 4) is 0 Å². The van der Waals surface area contributed by atoms with Crippen LogP contribution in [0, 0.1) is 0 Å². The van der Waals surface area contributed by atoms with Gasteiger partial charge in [0, 0.05) is 22.2 Å². The standard InChI is InChI=1S/C16H16ClNOS/c1-3-12-14(10-6-4-5-7-13(10)19-12)15(18-2)16-11(17)8-9-20-16/h4-9,15,18H,3H2,1-2H3. The Kier molecular flexibility index (Phi) is 3.83. The summed E-state index contributed by atoms with van der Waals surface area (Å²) in [4.78, 5) is 1.13. The van der Waals surface area contributed by atoms with Crippen molar-refractivity contribution in [2.45, 2.75) is 19.4 Å². The second-order valence-electron chi connectivity index (χ2n) is 4.64. The van der Waals surface area contributed by atoms with Gasteiger partial charge in [-0.1, -0.05) is 36.7 Å². The Balaban J connectivity index is 2.23. The minimum absolute atomic E-state index is 0.0705. The highest BCUT2D eigenvalue weighted by Crippen LogP contribution is 2.39. The molecule has 1 aromatic carbocycles. The van der Waals surface area contributed by atoms with Crippen molar-refractivity contribution in [2.24, 2.45) is 0 Å². The van der Waals surface area contributed by atoms with Gasteiger partial charge in [0.15, 0.2) is 0 Å². The van der Waals surface area contributed by atoms with Crippen LogP contribution in [0.15, 0.2) is 40.1 Å². The van der Waals surface area contributed by atoms with Gasteiger partial charge in [-0.2, -0.15) is 0 Å². The summed E-state index contributed by atoms with van der Waals surface area (Å²) in [5.74, 6) is 1.02. The first-order valence-electron chi connectivity index (χ1n) is 6.66. The predicted octanol–water partition coefficient (Wildman–Crippen LogP) is 5.02. The second kappa shape index (κ2) is 5.60. The lowest BCUT2D eigenvalue weighted by Gasteiger charge is -2.16. The Hall–Kier alpha value is -1.29. The zero-order chi connectivity index (χ0) is 14.1. The Morgan fingerprint density at radius 2 is 2.10 bits per heavy atom. The summed E-state index contributed by atoms with van der Waals surface area (Å²) >= 11 is 7.99. The molecule has 0 radical (unpaired) electrons. The summed E-state index contributed by atoms with van der Waals surface area (Å²) in [5.41, 5.74) is 2.14. The molecule has 0 fully saturated rings. The third-order valence-corrected chi connectivity index (χ3v) is 4.94. The fraction of sp³-hybridized carbons (Fsp3) is 0.250. The zero-order valence-electron chi connectivity index (χ0n) is 11.4. The quantitative estimate of drug-likeness (QED) is 0.732. The Morgan fingerprint density at radius 3 is 2.75 bits per heavy atom. The summed E-state index contributed by atoms with van der Waals surface area (Å²) in [6, 6.07) is 10.2. The highest BCUT2D eigenvalue weighted by molar-refractivity contribution is 7.10. The average molecular weight is 306 g/mol. The first-order chi connectivity index (χ1) is 9.76. The number of hydrogen-bond acceptors (Lipinski definition) is 3. The highest BCUT2D eigenvalue weighted by Gasteiger charge is 2.24. The summed E-state index contributed by atoms with van der Waals surface area (Å²) in [6.07, 6.45) is 0.866. The van der Waals surface area contributed by atoms with Gasteiger partial charge in [0.1, 0.15) is 11.3 Å². The molecule has 3 rings (SSSR count). The molecule has 1 N–H and O–H groups in total. The molecule has 0 spiro atoms. The zero-order valence-corrected chi connectivity index (χ0v) is 13.0. The topological polar surface area (TPSA) is 25.2 Å². The number of rotatable bonds is 4. The average Bonchev–Trinajstić information content (AvgIpc) is 3.05. The molecule has 2 aromatic heterocycles. The maximum atomic E-state index is 6.32. The molecular weight excluding hydrogens is 290 g/mol. The molecule has 20 heavy (non-hydrogen) atoms. The minimum Gasteiger partial charge on any atom is -0.461 e.